The Balaban J connectivity index is 1.92. The van der Waals surface area contributed by atoms with Gasteiger partial charge in [-0.25, -0.2) is 17.5 Å². The summed E-state index contributed by atoms with van der Waals surface area (Å²) in [6.07, 6.45) is 2.80. The van der Waals surface area contributed by atoms with Crippen LogP contribution < -0.4 is 0 Å². The van der Waals surface area contributed by atoms with Gasteiger partial charge in [-0.2, -0.15) is 23.3 Å². The lowest BCUT2D eigenvalue weighted by Crippen LogP contribution is -2.33. The highest BCUT2D eigenvalue weighted by Crippen LogP contribution is 2.24. The van der Waals surface area contributed by atoms with Gasteiger partial charge in [0.2, 0.25) is 10.0 Å². The molecule has 0 N–H and O–H groups in total. The average molecular weight is 427 g/mol. The number of hydrogen-bond donors (Lipinski definition) is 0. The molecule has 0 aliphatic carbocycles. The molecule has 0 aliphatic rings. The highest BCUT2D eigenvalue weighted by molar-refractivity contribution is 7.89. The zero-order valence-electron chi connectivity index (χ0n) is 15.8. The van der Waals surface area contributed by atoms with Gasteiger partial charge in [0.25, 0.3) is 0 Å². The maximum atomic E-state index is 13.2. The van der Waals surface area contributed by atoms with Crippen molar-refractivity contribution in [3.63, 3.8) is 0 Å². The summed E-state index contributed by atoms with van der Waals surface area (Å²) in [6, 6.07) is 7.42. The monoisotopic (exact) mass is 427 g/mol. The molecule has 156 valence electrons. The van der Waals surface area contributed by atoms with E-state index >= 15 is 0 Å². The number of alkyl halides is 2. The Morgan fingerprint density at radius 1 is 1.14 bits per heavy atom. The van der Waals surface area contributed by atoms with Gasteiger partial charge in [0.15, 0.2) is 0 Å². The molecular weight excluding hydrogens is 407 g/mol. The molecule has 0 atom stereocenters. The summed E-state index contributed by atoms with van der Waals surface area (Å²) in [5.74, 6) is -0.386. The Morgan fingerprint density at radius 3 is 2.38 bits per heavy atom. The molecule has 1 aromatic carbocycles. The van der Waals surface area contributed by atoms with Crippen molar-refractivity contribution in [3.8, 4) is 0 Å². The Kier molecular flexibility index (Phi) is 6.08. The van der Waals surface area contributed by atoms with Crippen LogP contribution in [0.25, 0.3) is 0 Å². The molecule has 2 heterocycles. The lowest BCUT2D eigenvalue weighted by molar-refractivity contribution is 0.0541. The van der Waals surface area contributed by atoms with E-state index in [1.54, 1.807) is 31.4 Å². The Morgan fingerprint density at radius 2 is 1.83 bits per heavy atom. The fourth-order valence-corrected chi connectivity index (χ4v) is 4.48. The van der Waals surface area contributed by atoms with Crippen molar-refractivity contribution >= 4 is 10.0 Å². The van der Waals surface area contributed by atoms with Crippen LogP contribution in [0, 0.1) is 12.7 Å². The van der Waals surface area contributed by atoms with Crippen molar-refractivity contribution in [2.45, 2.75) is 31.3 Å². The van der Waals surface area contributed by atoms with Gasteiger partial charge in [0.1, 0.15) is 10.7 Å². The van der Waals surface area contributed by atoms with Crippen molar-refractivity contribution in [1.29, 1.82) is 0 Å². The van der Waals surface area contributed by atoms with E-state index in [1.807, 2.05) is 0 Å². The second-order valence-electron chi connectivity index (χ2n) is 6.48. The Labute approximate surface area is 166 Å². The first-order valence-corrected chi connectivity index (χ1v) is 10.2. The van der Waals surface area contributed by atoms with Crippen molar-refractivity contribution in [3.05, 3.63) is 65.5 Å². The molecule has 0 radical (unpaired) electrons. The third kappa shape index (κ3) is 4.51. The third-order valence-electron chi connectivity index (χ3n) is 4.63. The molecule has 0 amide bonds. The van der Waals surface area contributed by atoms with Crippen molar-refractivity contribution in [2.24, 2.45) is 7.05 Å². The van der Waals surface area contributed by atoms with Crippen LogP contribution in [0.4, 0.5) is 13.2 Å². The summed E-state index contributed by atoms with van der Waals surface area (Å²) in [4.78, 5) is -0.279. The van der Waals surface area contributed by atoms with Gasteiger partial charge >= 0.3 is 6.55 Å². The van der Waals surface area contributed by atoms with E-state index < -0.39 is 16.6 Å². The smallest absolute Gasteiger partial charge is 0.271 e. The fraction of sp³-hybridized carbons (Fsp3) is 0.333. The Hall–Kier alpha value is -2.66. The molecule has 7 nitrogen and oxygen atoms in total. The molecule has 0 saturated heterocycles. The van der Waals surface area contributed by atoms with Crippen molar-refractivity contribution in [1.82, 2.24) is 23.9 Å². The second kappa shape index (κ2) is 8.37. The second-order valence-corrected chi connectivity index (χ2v) is 8.38. The maximum Gasteiger partial charge on any atom is 0.333 e. The quantitative estimate of drug-likeness (QED) is 0.554. The van der Waals surface area contributed by atoms with Crippen LogP contribution in [-0.4, -0.2) is 38.8 Å². The van der Waals surface area contributed by atoms with Gasteiger partial charge < -0.3 is 0 Å². The van der Waals surface area contributed by atoms with Gasteiger partial charge in [0.05, 0.1) is 24.1 Å². The maximum absolute atomic E-state index is 13.2. The van der Waals surface area contributed by atoms with Crippen LogP contribution >= 0.6 is 0 Å². The topological polar surface area (TPSA) is 73.0 Å². The standard InChI is InChI=1S/C18H20F3N5O2S/c1-13-17(11-23-26(13)18(20)21)29(27,28)25(12-16-7-9-22-24(16)2)10-8-14-3-5-15(19)6-4-14/h3-7,9,11,18H,8,10,12H2,1-2H3. The summed E-state index contributed by atoms with van der Waals surface area (Å²) in [7, 11) is -2.43. The molecule has 0 fully saturated rings. The molecule has 11 heteroatoms. The lowest BCUT2D eigenvalue weighted by atomic mass is 10.1. The van der Waals surface area contributed by atoms with Crippen molar-refractivity contribution in [2.75, 3.05) is 6.54 Å². The largest absolute Gasteiger partial charge is 0.333 e. The number of halogens is 3. The van der Waals surface area contributed by atoms with E-state index in [4.69, 9.17) is 0 Å². The van der Waals surface area contributed by atoms with Crippen molar-refractivity contribution < 1.29 is 21.6 Å². The van der Waals surface area contributed by atoms with Crippen LogP contribution in [0.2, 0.25) is 0 Å². The minimum atomic E-state index is -4.11. The number of nitrogens with zero attached hydrogens (tertiary/aromatic N) is 5. The number of benzene rings is 1. The van der Waals surface area contributed by atoms with Gasteiger partial charge in [-0.05, 0) is 37.1 Å². The molecule has 3 aromatic rings. The molecule has 0 spiro atoms. The van der Waals surface area contributed by atoms with E-state index in [9.17, 15) is 21.6 Å². The van der Waals surface area contributed by atoms with Gasteiger partial charge in [0, 0.05) is 19.8 Å². The van der Waals surface area contributed by atoms with E-state index in [0.717, 1.165) is 11.8 Å². The lowest BCUT2D eigenvalue weighted by Gasteiger charge is -2.22. The normalized spacial score (nSPS) is 12.2. The predicted octanol–water partition coefficient (Wildman–Crippen LogP) is 2.89. The first-order valence-electron chi connectivity index (χ1n) is 8.74. The number of hydrogen-bond acceptors (Lipinski definition) is 4. The molecule has 0 aliphatic heterocycles. The van der Waals surface area contributed by atoms with E-state index in [0.29, 0.717) is 16.8 Å². The fourth-order valence-electron chi connectivity index (χ4n) is 2.92. The zero-order valence-corrected chi connectivity index (χ0v) is 16.7. The van der Waals surface area contributed by atoms with Crippen LogP contribution in [0.3, 0.4) is 0 Å². The molecule has 29 heavy (non-hydrogen) atoms. The van der Waals surface area contributed by atoms with E-state index in [-0.39, 0.29) is 29.5 Å². The third-order valence-corrected chi connectivity index (χ3v) is 6.57. The predicted molar refractivity (Wildman–Crippen MR) is 99.1 cm³/mol. The van der Waals surface area contributed by atoms with Crippen LogP contribution in [0.15, 0.2) is 47.6 Å². The van der Waals surface area contributed by atoms with Crippen LogP contribution in [0.5, 0.6) is 0 Å². The number of aryl methyl sites for hydroxylation is 1. The van der Waals surface area contributed by atoms with Gasteiger partial charge in [-0.1, -0.05) is 12.1 Å². The number of aromatic nitrogens is 4. The summed E-state index contributed by atoms with van der Waals surface area (Å²) < 4.78 is 68.8. The molecule has 2 aromatic heterocycles. The van der Waals surface area contributed by atoms with Crippen LogP contribution in [-0.2, 0) is 30.0 Å². The molecule has 0 bridgehead atoms. The number of rotatable bonds is 8. The average Bonchev–Trinajstić information content (AvgIpc) is 3.25. The van der Waals surface area contributed by atoms with Gasteiger partial charge in [-0.15, -0.1) is 0 Å². The molecule has 3 rings (SSSR count). The zero-order chi connectivity index (χ0) is 21.2. The molecular formula is C18H20F3N5O2S. The summed E-state index contributed by atoms with van der Waals surface area (Å²) >= 11 is 0. The first kappa shape index (κ1) is 21.1. The number of sulfonamides is 1. The van der Waals surface area contributed by atoms with E-state index in [2.05, 4.69) is 10.2 Å². The first-order chi connectivity index (χ1) is 13.7. The minimum absolute atomic E-state index is 0.000668. The summed E-state index contributed by atoms with van der Waals surface area (Å²) in [6.45, 7) is -1.59. The van der Waals surface area contributed by atoms with Gasteiger partial charge in [-0.3, -0.25) is 4.68 Å². The summed E-state index contributed by atoms with van der Waals surface area (Å²) in [5, 5.41) is 7.54. The molecule has 0 unspecified atom stereocenters. The highest BCUT2D eigenvalue weighted by atomic mass is 32.2. The summed E-state index contributed by atoms with van der Waals surface area (Å²) in [5.41, 5.74) is 1.24. The highest BCUT2D eigenvalue weighted by Gasteiger charge is 2.30. The molecule has 0 saturated carbocycles. The van der Waals surface area contributed by atoms with E-state index in [1.165, 1.54) is 28.0 Å². The SMILES string of the molecule is Cc1c(S(=O)(=O)N(CCc2ccc(F)cc2)Cc2ccnn2C)cnn1C(F)F. The minimum Gasteiger partial charge on any atom is -0.271 e. The Bertz CT molecular complexity index is 1080. The van der Waals surface area contributed by atoms with Crippen LogP contribution in [0.1, 0.15) is 23.5 Å².